The second kappa shape index (κ2) is 5.37. The van der Waals surface area contributed by atoms with Crippen LogP contribution in [0.3, 0.4) is 0 Å². The van der Waals surface area contributed by atoms with Gasteiger partial charge in [0.05, 0.1) is 13.1 Å². The Morgan fingerprint density at radius 2 is 2.20 bits per heavy atom. The number of hydrogen-bond donors (Lipinski definition) is 1. The Labute approximate surface area is 87.5 Å². The van der Waals surface area contributed by atoms with E-state index in [4.69, 9.17) is 5.11 Å². The lowest BCUT2D eigenvalue weighted by Gasteiger charge is -2.38. The summed E-state index contributed by atoms with van der Waals surface area (Å²) in [5.41, 5.74) is 0. The second-order valence-electron chi connectivity index (χ2n) is 3.86. The number of nitrogens with zero attached hydrogens (tertiary/aromatic N) is 2. The van der Waals surface area contributed by atoms with Gasteiger partial charge in [0.1, 0.15) is 0 Å². The molecule has 0 saturated carbocycles. The van der Waals surface area contributed by atoms with Crippen molar-refractivity contribution in [3.8, 4) is 0 Å². The van der Waals surface area contributed by atoms with Crippen molar-refractivity contribution in [1.29, 1.82) is 0 Å². The summed E-state index contributed by atoms with van der Waals surface area (Å²) in [5.74, 6) is -0.871. The molecule has 0 unspecified atom stereocenters. The van der Waals surface area contributed by atoms with Crippen LogP contribution in [0.5, 0.6) is 0 Å². The molecule has 1 fully saturated rings. The van der Waals surface area contributed by atoms with Gasteiger partial charge in [-0.1, -0.05) is 0 Å². The molecule has 0 aromatic heterocycles. The van der Waals surface area contributed by atoms with Gasteiger partial charge in [-0.2, -0.15) is 0 Å². The summed E-state index contributed by atoms with van der Waals surface area (Å²) in [6.07, 6.45) is -2.32. The SMILES string of the molecule is C[C@H]1CN(CC(F)F)CCN1CC(=O)O. The zero-order chi connectivity index (χ0) is 11.4. The van der Waals surface area contributed by atoms with Crippen molar-refractivity contribution < 1.29 is 18.7 Å². The molecule has 4 nitrogen and oxygen atoms in total. The predicted octanol–water partition coefficient (Wildman–Crippen LogP) is 0.342. The van der Waals surface area contributed by atoms with Crippen molar-refractivity contribution in [1.82, 2.24) is 9.80 Å². The van der Waals surface area contributed by atoms with Crippen LogP contribution >= 0.6 is 0 Å². The Morgan fingerprint density at radius 3 is 2.67 bits per heavy atom. The molecule has 0 spiro atoms. The average Bonchev–Trinajstić information content (AvgIpc) is 2.08. The van der Waals surface area contributed by atoms with Gasteiger partial charge in [0.15, 0.2) is 0 Å². The number of aliphatic carboxylic acids is 1. The van der Waals surface area contributed by atoms with Crippen LogP contribution < -0.4 is 0 Å². The van der Waals surface area contributed by atoms with E-state index in [1.165, 1.54) is 0 Å². The number of carboxylic acid groups (broad SMARTS) is 1. The van der Waals surface area contributed by atoms with Gasteiger partial charge in [-0.05, 0) is 6.92 Å². The average molecular weight is 222 g/mol. The van der Waals surface area contributed by atoms with Crippen LogP contribution in [0.2, 0.25) is 0 Å². The van der Waals surface area contributed by atoms with Crippen molar-refractivity contribution in [3.05, 3.63) is 0 Å². The molecule has 0 aliphatic carbocycles. The first-order chi connectivity index (χ1) is 6.99. The molecule has 0 amide bonds. The van der Waals surface area contributed by atoms with Crippen LogP contribution in [0.4, 0.5) is 8.78 Å². The molecule has 1 saturated heterocycles. The maximum Gasteiger partial charge on any atom is 0.317 e. The molecule has 1 aliphatic heterocycles. The van der Waals surface area contributed by atoms with Crippen LogP contribution in [-0.2, 0) is 4.79 Å². The van der Waals surface area contributed by atoms with Crippen molar-refractivity contribution in [3.63, 3.8) is 0 Å². The van der Waals surface area contributed by atoms with Gasteiger partial charge in [0.2, 0.25) is 0 Å². The molecule has 1 aliphatic rings. The summed E-state index contributed by atoms with van der Waals surface area (Å²) < 4.78 is 24.2. The Hall–Kier alpha value is -0.750. The van der Waals surface area contributed by atoms with Crippen LogP contribution in [-0.4, -0.2) is 66.1 Å². The molecular formula is C9H16F2N2O2. The quantitative estimate of drug-likeness (QED) is 0.745. The highest BCUT2D eigenvalue weighted by Crippen LogP contribution is 2.10. The Balaban J connectivity index is 2.37. The molecule has 1 heterocycles. The fraction of sp³-hybridized carbons (Fsp3) is 0.889. The number of carbonyl (C=O) groups is 1. The van der Waals surface area contributed by atoms with Crippen molar-refractivity contribution >= 4 is 5.97 Å². The minimum Gasteiger partial charge on any atom is -0.480 e. The van der Waals surface area contributed by atoms with E-state index in [1.807, 2.05) is 6.92 Å². The molecule has 88 valence electrons. The summed E-state index contributed by atoms with van der Waals surface area (Å²) in [6, 6.07) is 0.0219. The van der Waals surface area contributed by atoms with Gasteiger partial charge in [-0.25, -0.2) is 8.78 Å². The topological polar surface area (TPSA) is 43.8 Å². The molecule has 0 radical (unpaired) electrons. The lowest BCUT2D eigenvalue weighted by molar-refractivity contribution is -0.139. The van der Waals surface area contributed by atoms with E-state index in [1.54, 1.807) is 9.80 Å². The summed E-state index contributed by atoms with van der Waals surface area (Å²) in [4.78, 5) is 14.0. The maximum atomic E-state index is 12.1. The number of alkyl halides is 2. The highest BCUT2D eigenvalue weighted by Gasteiger charge is 2.26. The third kappa shape index (κ3) is 4.09. The molecule has 0 bridgehead atoms. The maximum absolute atomic E-state index is 12.1. The van der Waals surface area contributed by atoms with Gasteiger partial charge in [0.25, 0.3) is 6.43 Å². The molecule has 1 atom stereocenters. The van der Waals surface area contributed by atoms with Crippen LogP contribution in [0.1, 0.15) is 6.92 Å². The summed E-state index contributed by atoms with van der Waals surface area (Å²) in [6.45, 7) is 3.20. The van der Waals surface area contributed by atoms with E-state index in [0.29, 0.717) is 19.6 Å². The first kappa shape index (κ1) is 12.3. The van der Waals surface area contributed by atoms with Crippen molar-refractivity contribution in [2.45, 2.75) is 19.4 Å². The minimum atomic E-state index is -2.32. The number of hydrogen-bond acceptors (Lipinski definition) is 3. The van der Waals surface area contributed by atoms with Crippen LogP contribution in [0.15, 0.2) is 0 Å². The third-order valence-corrected chi connectivity index (χ3v) is 2.58. The summed E-state index contributed by atoms with van der Waals surface area (Å²) in [7, 11) is 0. The Kier molecular flexibility index (Phi) is 4.41. The predicted molar refractivity (Wildman–Crippen MR) is 51.1 cm³/mol. The zero-order valence-corrected chi connectivity index (χ0v) is 8.70. The minimum absolute atomic E-state index is 0.0102. The molecule has 1 N–H and O–H groups in total. The zero-order valence-electron chi connectivity index (χ0n) is 8.70. The number of rotatable bonds is 4. The molecule has 15 heavy (non-hydrogen) atoms. The highest BCUT2D eigenvalue weighted by molar-refractivity contribution is 5.69. The Morgan fingerprint density at radius 1 is 1.53 bits per heavy atom. The van der Waals surface area contributed by atoms with Crippen LogP contribution in [0.25, 0.3) is 0 Å². The fourth-order valence-corrected chi connectivity index (χ4v) is 1.84. The molecule has 1 rings (SSSR count). The molecule has 0 aromatic carbocycles. The van der Waals surface area contributed by atoms with Gasteiger partial charge in [-0.15, -0.1) is 0 Å². The first-order valence-corrected chi connectivity index (χ1v) is 4.95. The van der Waals surface area contributed by atoms with Gasteiger partial charge < -0.3 is 5.11 Å². The van der Waals surface area contributed by atoms with Gasteiger partial charge >= 0.3 is 5.97 Å². The smallest absolute Gasteiger partial charge is 0.317 e. The van der Waals surface area contributed by atoms with Crippen LogP contribution in [0, 0.1) is 0 Å². The first-order valence-electron chi connectivity index (χ1n) is 4.95. The molecule has 6 heteroatoms. The van der Waals surface area contributed by atoms with E-state index in [9.17, 15) is 13.6 Å². The standard InChI is InChI=1S/C9H16F2N2O2/c1-7-4-12(5-8(10)11)2-3-13(7)6-9(14)15/h7-8H,2-6H2,1H3,(H,14,15)/t7-/m0/s1. The lowest BCUT2D eigenvalue weighted by atomic mass is 10.2. The number of halogens is 2. The number of carboxylic acids is 1. The highest BCUT2D eigenvalue weighted by atomic mass is 19.3. The summed E-state index contributed by atoms with van der Waals surface area (Å²) in [5, 5.41) is 8.62. The lowest BCUT2D eigenvalue weighted by Crippen LogP contribution is -2.53. The monoisotopic (exact) mass is 222 g/mol. The normalized spacial score (nSPS) is 24.7. The number of piperazine rings is 1. The van der Waals surface area contributed by atoms with Gasteiger partial charge in [-0.3, -0.25) is 14.6 Å². The van der Waals surface area contributed by atoms with E-state index in [2.05, 4.69) is 0 Å². The summed E-state index contributed by atoms with van der Waals surface area (Å²) >= 11 is 0. The van der Waals surface area contributed by atoms with Gasteiger partial charge in [0, 0.05) is 25.7 Å². The third-order valence-electron chi connectivity index (χ3n) is 2.58. The Bertz CT molecular complexity index is 226. The van der Waals surface area contributed by atoms with Crippen molar-refractivity contribution in [2.24, 2.45) is 0 Å². The fourth-order valence-electron chi connectivity index (χ4n) is 1.84. The molecule has 0 aromatic rings. The second-order valence-corrected chi connectivity index (χ2v) is 3.86. The van der Waals surface area contributed by atoms with E-state index in [-0.39, 0.29) is 19.1 Å². The van der Waals surface area contributed by atoms with Crippen molar-refractivity contribution in [2.75, 3.05) is 32.7 Å². The van der Waals surface area contributed by atoms with E-state index in [0.717, 1.165) is 0 Å². The van der Waals surface area contributed by atoms with E-state index >= 15 is 0 Å². The largest absolute Gasteiger partial charge is 0.480 e. The molecular weight excluding hydrogens is 206 g/mol. The van der Waals surface area contributed by atoms with E-state index < -0.39 is 12.4 Å².